The van der Waals surface area contributed by atoms with Gasteiger partial charge in [0.15, 0.2) is 0 Å². The van der Waals surface area contributed by atoms with Gasteiger partial charge in [0.25, 0.3) is 0 Å². The van der Waals surface area contributed by atoms with E-state index in [-0.39, 0.29) is 23.7 Å². The van der Waals surface area contributed by atoms with Crippen molar-refractivity contribution >= 4 is 17.4 Å². The fourth-order valence-electron chi connectivity index (χ4n) is 2.75. The van der Waals surface area contributed by atoms with E-state index in [9.17, 15) is 26.3 Å². The minimum absolute atomic E-state index is 0.0968. The molecule has 3 rings (SSSR count). The molecule has 0 N–H and O–H groups in total. The Morgan fingerprint density at radius 1 is 0.923 bits per heavy atom. The first-order valence-electron chi connectivity index (χ1n) is 7.56. The second-order valence-corrected chi connectivity index (χ2v) is 6.86. The van der Waals surface area contributed by atoms with E-state index < -0.39 is 28.7 Å². The lowest BCUT2D eigenvalue weighted by molar-refractivity contribution is -0.137. The summed E-state index contributed by atoms with van der Waals surface area (Å²) in [5.41, 5.74) is -5.88. The van der Waals surface area contributed by atoms with Crippen LogP contribution in [0.4, 0.5) is 32.0 Å². The van der Waals surface area contributed by atoms with E-state index in [0.29, 0.717) is 5.69 Å². The Morgan fingerprint density at radius 2 is 1.62 bits per heavy atom. The van der Waals surface area contributed by atoms with Gasteiger partial charge < -0.3 is 0 Å². The molecule has 1 aliphatic rings. The lowest BCUT2D eigenvalue weighted by Gasteiger charge is -2.25. The van der Waals surface area contributed by atoms with Gasteiger partial charge in [-0.1, -0.05) is 30.3 Å². The summed E-state index contributed by atoms with van der Waals surface area (Å²) in [6, 6.07) is 12.1. The minimum Gasteiger partial charge on any atom is -0.258 e. The lowest BCUT2D eigenvalue weighted by atomic mass is 10.0. The third-order valence-corrected chi connectivity index (χ3v) is 4.61. The van der Waals surface area contributed by atoms with Crippen molar-refractivity contribution in [3.63, 3.8) is 0 Å². The molecule has 140 valence electrons. The van der Waals surface area contributed by atoms with Crippen LogP contribution in [0, 0.1) is 0 Å². The Balaban J connectivity index is 1.94. The van der Waals surface area contributed by atoms with Crippen molar-refractivity contribution in [1.29, 1.82) is 0 Å². The number of para-hydroxylation sites is 1. The molecule has 9 heteroatoms. The van der Waals surface area contributed by atoms with E-state index >= 15 is 0 Å². The fourth-order valence-corrected chi connectivity index (χ4v) is 3.46. The molecular weight excluding hydrogens is 380 g/mol. The number of rotatable bonds is 3. The summed E-state index contributed by atoms with van der Waals surface area (Å²) in [4.78, 5) is 5.41. The summed E-state index contributed by atoms with van der Waals surface area (Å²) < 4.78 is 77.0. The zero-order valence-electron chi connectivity index (χ0n) is 13.1. The van der Waals surface area contributed by atoms with Crippen LogP contribution in [0.3, 0.4) is 0 Å². The van der Waals surface area contributed by atoms with E-state index in [1.54, 1.807) is 30.3 Å². The number of nitrogens with zero attached hydrogens (tertiary/aromatic N) is 1. The van der Waals surface area contributed by atoms with E-state index in [2.05, 4.69) is 0 Å². The van der Waals surface area contributed by atoms with E-state index in [0.717, 1.165) is 12.1 Å². The van der Waals surface area contributed by atoms with Crippen LogP contribution in [0.25, 0.3) is 0 Å². The highest BCUT2D eigenvalue weighted by Crippen LogP contribution is 2.46. The van der Waals surface area contributed by atoms with Gasteiger partial charge in [0.05, 0.1) is 17.3 Å². The highest BCUT2D eigenvalue weighted by molar-refractivity contribution is 8.00. The highest BCUT2D eigenvalue weighted by atomic mass is 32.2. The zero-order valence-corrected chi connectivity index (χ0v) is 13.9. The standard InChI is InChI=1S/C17H13F6NOS/c18-16(19,20)12-6-4-5-11(9-12)14-10-15(26-17(21,22)23)25-24(14)13-7-2-1-3-8-13/h1-9,14-15H,10H2. The second-order valence-electron chi connectivity index (χ2n) is 5.63. The van der Waals surface area contributed by atoms with Gasteiger partial charge in [-0.3, -0.25) is 4.84 Å². The van der Waals surface area contributed by atoms with Gasteiger partial charge >= 0.3 is 11.7 Å². The molecule has 1 saturated heterocycles. The molecule has 0 saturated carbocycles. The molecular formula is C17H13F6NOS. The van der Waals surface area contributed by atoms with Crippen molar-refractivity contribution < 1.29 is 31.2 Å². The van der Waals surface area contributed by atoms with Crippen molar-refractivity contribution in [2.75, 3.05) is 5.06 Å². The van der Waals surface area contributed by atoms with Crippen molar-refractivity contribution in [1.82, 2.24) is 0 Å². The summed E-state index contributed by atoms with van der Waals surface area (Å²) in [6.07, 6.45) is -4.63. The van der Waals surface area contributed by atoms with Crippen LogP contribution in [-0.2, 0) is 11.0 Å². The summed E-state index contributed by atoms with van der Waals surface area (Å²) >= 11 is -0.315. The SMILES string of the molecule is FC(F)(F)SC1CC(c2cccc(C(F)(F)F)c2)N(c2ccccc2)O1. The monoisotopic (exact) mass is 393 g/mol. The molecule has 0 spiro atoms. The fraction of sp³-hybridized carbons (Fsp3) is 0.294. The smallest absolute Gasteiger partial charge is 0.258 e. The zero-order chi connectivity index (χ0) is 18.9. The largest absolute Gasteiger partial charge is 0.444 e. The molecule has 2 atom stereocenters. The topological polar surface area (TPSA) is 12.5 Å². The van der Waals surface area contributed by atoms with Crippen LogP contribution in [0.1, 0.15) is 23.6 Å². The van der Waals surface area contributed by atoms with Gasteiger partial charge in [-0.25, -0.2) is 5.06 Å². The van der Waals surface area contributed by atoms with E-state index in [1.165, 1.54) is 17.2 Å². The number of alkyl halides is 6. The van der Waals surface area contributed by atoms with Crippen LogP contribution < -0.4 is 5.06 Å². The second kappa shape index (κ2) is 7.03. The Morgan fingerprint density at radius 3 is 2.23 bits per heavy atom. The average Bonchev–Trinajstić information content (AvgIpc) is 2.97. The number of anilines is 1. The van der Waals surface area contributed by atoms with Gasteiger partial charge in [0, 0.05) is 6.42 Å². The summed E-state index contributed by atoms with van der Waals surface area (Å²) in [6.45, 7) is 0. The number of hydrogen-bond donors (Lipinski definition) is 0. The third kappa shape index (κ3) is 4.45. The Hall–Kier alpha value is -1.87. The number of hydroxylamine groups is 1. The molecule has 1 fully saturated rings. The summed E-state index contributed by atoms with van der Waals surface area (Å²) in [5.74, 6) is 0. The molecule has 26 heavy (non-hydrogen) atoms. The number of hydrogen-bond acceptors (Lipinski definition) is 3. The molecule has 2 unspecified atom stereocenters. The lowest BCUT2D eigenvalue weighted by Crippen LogP contribution is -2.22. The van der Waals surface area contributed by atoms with Gasteiger partial charge in [0.1, 0.15) is 5.44 Å². The molecule has 0 aromatic heterocycles. The summed E-state index contributed by atoms with van der Waals surface area (Å²) in [5, 5.41) is 1.25. The quantitative estimate of drug-likeness (QED) is 0.579. The molecule has 0 bridgehead atoms. The van der Waals surface area contributed by atoms with Crippen LogP contribution >= 0.6 is 11.8 Å². The van der Waals surface area contributed by atoms with Crippen LogP contribution in [0.5, 0.6) is 0 Å². The van der Waals surface area contributed by atoms with Crippen LogP contribution in [0.15, 0.2) is 54.6 Å². The Labute approximate surface area is 149 Å². The molecule has 0 radical (unpaired) electrons. The molecule has 1 aliphatic heterocycles. The Kier molecular flexibility index (Phi) is 5.12. The first-order chi connectivity index (χ1) is 12.1. The predicted molar refractivity (Wildman–Crippen MR) is 86.2 cm³/mol. The van der Waals surface area contributed by atoms with Crippen molar-refractivity contribution in [3.05, 3.63) is 65.7 Å². The highest BCUT2D eigenvalue weighted by Gasteiger charge is 2.43. The molecule has 2 aromatic rings. The maximum Gasteiger partial charge on any atom is 0.444 e. The average molecular weight is 393 g/mol. The number of benzene rings is 2. The maximum absolute atomic E-state index is 13.0. The minimum atomic E-state index is -4.53. The Bertz CT molecular complexity index is 749. The summed E-state index contributed by atoms with van der Waals surface area (Å²) in [7, 11) is 0. The van der Waals surface area contributed by atoms with Gasteiger partial charge in [-0.2, -0.15) is 26.3 Å². The molecule has 0 amide bonds. The molecule has 2 nitrogen and oxygen atoms in total. The van der Waals surface area contributed by atoms with Crippen molar-refractivity contribution in [3.8, 4) is 0 Å². The first kappa shape index (κ1) is 18.9. The maximum atomic E-state index is 13.0. The number of thioether (sulfide) groups is 1. The van der Waals surface area contributed by atoms with Crippen molar-refractivity contribution in [2.24, 2.45) is 0 Å². The van der Waals surface area contributed by atoms with Crippen LogP contribution in [-0.4, -0.2) is 10.9 Å². The first-order valence-corrected chi connectivity index (χ1v) is 8.44. The van der Waals surface area contributed by atoms with E-state index in [1.807, 2.05) is 0 Å². The van der Waals surface area contributed by atoms with Crippen LogP contribution in [0.2, 0.25) is 0 Å². The van der Waals surface area contributed by atoms with E-state index in [4.69, 9.17) is 4.84 Å². The predicted octanol–water partition coefficient (Wildman–Crippen LogP) is 6.17. The van der Waals surface area contributed by atoms with Gasteiger partial charge in [-0.15, -0.1) is 0 Å². The molecule has 2 aromatic carbocycles. The van der Waals surface area contributed by atoms with Gasteiger partial charge in [0.2, 0.25) is 0 Å². The molecule has 0 aliphatic carbocycles. The van der Waals surface area contributed by atoms with Gasteiger partial charge in [-0.05, 0) is 41.6 Å². The third-order valence-electron chi connectivity index (χ3n) is 3.80. The molecule has 1 heterocycles. The van der Waals surface area contributed by atoms with Crippen molar-refractivity contribution in [2.45, 2.75) is 29.6 Å². The normalized spacial score (nSPS) is 21.2. The number of halogens is 6.